The average molecular weight is 249 g/mol. The summed E-state index contributed by atoms with van der Waals surface area (Å²) >= 11 is 0. The van der Waals surface area contributed by atoms with Crippen molar-refractivity contribution in [2.75, 3.05) is 12.8 Å². The summed E-state index contributed by atoms with van der Waals surface area (Å²) in [5.41, 5.74) is 11.3. The molecule has 6 nitrogen and oxygen atoms in total. The first-order valence-electron chi connectivity index (χ1n) is 6.20. The number of carbonyl (C=O) groups excluding carboxylic acids is 1. The number of hydrogen-bond acceptors (Lipinski definition) is 4. The van der Waals surface area contributed by atoms with Gasteiger partial charge in [-0.2, -0.15) is 5.10 Å². The third-order valence-corrected chi connectivity index (χ3v) is 3.49. The van der Waals surface area contributed by atoms with Crippen LogP contribution in [0.4, 0.5) is 5.82 Å². The van der Waals surface area contributed by atoms with E-state index in [0.717, 1.165) is 19.3 Å². The molecule has 2 rings (SSSR count). The number of aromatic nitrogens is 2. The molecule has 4 N–H and O–H groups in total. The van der Waals surface area contributed by atoms with Crippen LogP contribution in [0.5, 0.6) is 0 Å². The van der Waals surface area contributed by atoms with Crippen LogP contribution in [0.1, 0.15) is 42.1 Å². The second-order valence-electron chi connectivity index (χ2n) is 4.70. The minimum absolute atomic E-state index is 0.209. The Morgan fingerprint density at radius 3 is 2.89 bits per heavy atom. The zero-order valence-electron chi connectivity index (χ0n) is 10.5. The molecule has 1 aliphatic carbocycles. The Morgan fingerprint density at radius 2 is 2.28 bits per heavy atom. The van der Waals surface area contributed by atoms with Gasteiger partial charge >= 0.3 is 0 Å². The molecular weight excluding hydrogens is 230 g/mol. The van der Waals surface area contributed by atoms with Gasteiger partial charge in [-0.3, -0.25) is 9.48 Å². The van der Waals surface area contributed by atoms with Gasteiger partial charge in [0.05, 0.1) is 6.04 Å². The molecule has 1 aromatic rings. The zero-order chi connectivity index (χ0) is 13.1. The van der Waals surface area contributed by atoms with Crippen LogP contribution in [0.15, 0.2) is 11.2 Å². The summed E-state index contributed by atoms with van der Waals surface area (Å²) in [5.74, 6) is 0.0271. The minimum atomic E-state index is -0.532. The molecule has 0 bridgehead atoms. The molecule has 1 fully saturated rings. The van der Waals surface area contributed by atoms with Crippen LogP contribution in [0.3, 0.4) is 0 Å². The van der Waals surface area contributed by atoms with Gasteiger partial charge in [-0.15, -0.1) is 0 Å². The number of nitrogens with two attached hydrogens (primary N) is 2. The molecule has 6 heteroatoms. The first-order valence-corrected chi connectivity index (χ1v) is 6.20. The van der Waals surface area contributed by atoms with E-state index in [0.29, 0.717) is 11.5 Å². The predicted molar refractivity (Wildman–Crippen MR) is 70.6 cm³/mol. The van der Waals surface area contributed by atoms with Gasteiger partial charge < -0.3 is 16.5 Å². The summed E-state index contributed by atoms with van der Waals surface area (Å²) in [6, 6.07) is 0.220. The van der Waals surface area contributed by atoms with Gasteiger partial charge in [0.1, 0.15) is 5.56 Å². The Kier molecular flexibility index (Phi) is 3.64. The van der Waals surface area contributed by atoms with Crippen LogP contribution in [0.2, 0.25) is 0 Å². The van der Waals surface area contributed by atoms with Gasteiger partial charge in [0, 0.05) is 25.4 Å². The fourth-order valence-electron chi connectivity index (χ4n) is 2.60. The summed E-state index contributed by atoms with van der Waals surface area (Å²) in [6.45, 7) is 0. The molecule has 18 heavy (non-hydrogen) atoms. The number of primary amides is 1. The lowest BCUT2D eigenvalue weighted by Gasteiger charge is -2.29. The molecule has 98 valence electrons. The van der Waals surface area contributed by atoms with Crippen LogP contribution in [0.25, 0.3) is 0 Å². The molecule has 0 radical (unpaired) electrons. The van der Waals surface area contributed by atoms with Crippen LogP contribution in [-0.4, -0.2) is 28.9 Å². The van der Waals surface area contributed by atoms with Crippen molar-refractivity contribution in [1.82, 2.24) is 9.78 Å². The van der Waals surface area contributed by atoms with E-state index < -0.39 is 5.91 Å². The number of rotatable bonds is 3. The Labute approximate surface area is 106 Å². The standard InChI is InChI=1S/C12H19N5O/c1-15-6-8-4-2-3-5-10(8)17-7-9(12(14)18)11(13)16-17/h6-8,10H,2-5H2,1H3,(H2,13,16)(H2,14,18). The SMILES string of the molecule is CN=CC1CCCCC1n1cc(C(N)=O)c(N)n1. The average Bonchev–Trinajstić information content (AvgIpc) is 2.72. The van der Waals surface area contributed by atoms with E-state index in [1.54, 1.807) is 17.9 Å². The monoisotopic (exact) mass is 249 g/mol. The van der Waals surface area contributed by atoms with Crippen LogP contribution >= 0.6 is 0 Å². The highest BCUT2D eigenvalue weighted by Crippen LogP contribution is 2.33. The molecule has 0 aliphatic heterocycles. The zero-order valence-corrected chi connectivity index (χ0v) is 10.5. The highest BCUT2D eigenvalue weighted by atomic mass is 16.1. The summed E-state index contributed by atoms with van der Waals surface area (Å²) in [4.78, 5) is 15.3. The highest BCUT2D eigenvalue weighted by Gasteiger charge is 2.27. The van der Waals surface area contributed by atoms with Crippen molar-refractivity contribution in [2.24, 2.45) is 16.6 Å². The van der Waals surface area contributed by atoms with Crippen molar-refractivity contribution in [1.29, 1.82) is 0 Å². The molecule has 1 aromatic heterocycles. The molecule has 1 saturated carbocycles. The van der Waals surface area contributed by atoms with Crippen LogP contribution in [-0.2, 0) is 0 Å². The van der Waals surface area contributed by atoms with Crippen LogP contribution in [0, 0.1) is 5.92 Å². The third-order valence-electron chi connectivity index (χ3n) is 3.49. The second-order valence-corrected chi connectivity index (χ2v) is 4.70. The number of hydrogen-bond donors (Lipinski definition) is 2. The molecule has 0 saturated heterocycles. The maximum Gasteiger partial charge on any atom is 0.254 e. The van der Waals surface area contributed by atoms with E-state index >= 15 is 0 Å². The maximum absolute atomic E-state index is 11.2. The largest absolute Gasteiger partial charge is 0.382 e. The summed E-state index contributed by atoms with van der Waals surface area (Å²) in [5, 5.41) is 4.22. The van der Waals surface area contributed by atoms with E-state index in [1.807, 2.05) is 6.21 Å². The number of carbonyl (C=O) groups is 1. The normalized spacial score (nSPS) is 24.5. The Bertz CT molecular complexity index is 465. The predicted octanol–water partition coefficient (Wildman–Crippen LogP) is 0.996. The number of nitrogens with zero attached hydrogens (tertiary/aromatic N) is 3. The van der Waals surface area contributed by atoms with E-state index in [1.165, 1.54) is 6.42 Å². The van der Waals surface area contributed by atoms with Crippen molar-refractivity contribution in [3.05, 3.63) is 11.8 Å². The molecular formula is C12H19N5O. The quantitative estimate of drug-likeness (QED) is 0.781. The third kappa shape index (κ3) is 2.37. The van der Waals surface area contributed by atoms with Gasteiger partial charge in [-0.1, -0.05) is 12.8 Å². The smallest absolute Gasteiger partial charge is 0.254 e. The first-order chi connectivity index (χ1) is 8.63. The van der Waals surface area contributed by atoms with Gasteiger partial charge in [0.15, 0.2) is 5.82 Å². The van der Waals surface area contributed by atoms with Crippen molar-refractivity contribution in [2.45, 2.75) is 31.7 Å². The van der Waals surface area contributed by atoms with Gasteiger partial charge in [0.2, 0.25) is 0 Å². The van der Waals surface area contributed by atoms with E-state index in [4.69, 9.17) is 11.5 Å². The maximum atomic E-state index is 11.2. The Hall–Kier alpha value is -1.85. The molecule has 1 amide bonds. The summed E-state index contributed by atoms with van der Waals surface area (Å²) < 4.78 is 1.78. The number of amides is 1. The van der Waals surface area contributed by atoms with Crippen molar-refractivity contribution < 1.29 is 4.79 Å². The number of nitrogen functional groups attached to an aromatic ring is 1. The van der Waals surface area contributed by atoms with E-state index in [-0.39, 0.29) is 11.9 Å². The minimum Gasteiger partial charge on any atom is -0.382 e. The van der Waals surface area contributed by atoms with Gasteiger partial charge in [-0.25, -0.2) is 0 Å². The van der Waals surface area contributed by atoms with E-state index in [9.17, 15) is 4.79 Å². The van der Waals surface area contributed by atoms with Gasteiger partial charge in [0.25, 0.3) is 5.91 Å². The molecule has 0 aromatic carbocycles. The number of anilines is 1. The lowest BCUT2D eigenvalue weighted by molar-refractivity contribution is 0.100. The molecule has 2 atom stereocenters. The molecule has 1 aliphatic rings. The molecule has 2 unspecified atom stereocenters. The second kappa shape index (κ2) is 5.20. The molecule has 1 heterocycles. The van der Waals surface area contributed by atoms with Gasteiger partial charge in [-0.05, 0) is 12.8 Å². The van der Waals surface area contributed by atoms with Crippen LogP contribution < -0.4 is 11.5 Å². The summed E-state index contributed by atoms with van der Waals surface area (Å²) in [7, 11) is 1.78. The van der Waals surface area contributed by atoms with Crippen molar-refractivity contribution >= 4 is 17.9 Å². The summed E-state index contributed by atoms with van der Waals surface area (Å²) in [6.07, 6.45) is 8.09. The first kappa shape index (κ1) is 12.6. The number of aliphatic imine (C=N–C) groups is 1. The fraction of sp³-hybridized carbons (Fsp3) is 0.583. The van der Waals surface area contributed by atoms with E-state index in [2.05, 4.69) is 10.1 Å². The fourth-order valence-corrected chi connectivity index (χ4v) is 2.60. The topological polar surface area (TPSA) is 99.3 Å². The molecule has 0 spiro atoms. The lowest BCUT2D eigenvalue weighted by Crippen LogP contribution is -2.25. The lowest BCUT2D eigenvalue weighted by atomic mass is 9.85. The highest BCUT2D eigenvalue weighted by molar-refractivity contribution is 5.96. The van der Waals surface area contributed by atoms with Crippen molar-refractivity contribution in [3.63, 3.8) is 0 Å². The Morgan fingerprint density at radius 1 is 1.56 bits per heavy atom. The van der Waals surface area contributed by atoms with Crippen molar-refractivity contribution in [3.8, 4) is 0 Å². The Balaban J connectivity index is 2.28.